The summed E-state index contributed by atoms with van der Waals surface area (Å²) in [5.41, 5.74) is 0.562. The van der Waals surface area contributed by atoms with E-state index < -0.39 is 34.6 Å². The SMILES string of the molecule is C[C@H](CO)N1C(=O)[C@@H]2[C@@H]3C(=O)OCCC=C[C@@H]3S[C@@]23C=CCN(c2ccccc2Cl)C(=O)C13. The van der Waals surface area contributed by atoms with Crippen LogP contribution >= 0.6 is 23.4 Å². The van der Waals surface area contributed by atoms with Gasteiger partial charge >= 0.3 is 5.97 Å². The van der Waals surface area contributed by atoms with Gasteiger partial charge in [0.05, 0.1) is 46.5 Å². The molecule has 2 amide bonds. The molecule has 0 aromatic heterocycles. The number of amides is 2. The number of hydrogen-bond donors (Lipinski definition) is 1. The molecule has 0 radical (unpaired) electrons. The van der Waals surface area contributed by atoms with Crippen molar-refractivity contribution in [1.82, 2.24) is 4.90 Å². The number of para-hydroxylation sites is 1. The molecule has 2 saturated heterocycles. The van der Waals surface area contributed by atoms with E-state index in [-0.39, 0.29) is 30.3 Å². The first-order valence-corrected chi connectivity index (χ1v) is 12.3. The summed E-state index contributed by atoms with van der Waals surface area (Å²) in [5.74, 6) is -2.43. The van der Waals surface area contributed by atoms with Crippen LogP contribution in [0.5, 0.6) is 0 Å². The second kappa shape index (κ2) is 8.49. The van der Waals surface area contributed by atoms with Crippen molar-refractivity contribution < 1.29 is 24.2 Å². The van der Waals surface area contributed by atoms with Crippen molar-refractivity contribution in [2.24, 2.45) is 11.8 Å². The Bertz CT molecular complexity index is 1060. The van der Waals surface area contributed by atoms with Gasteiger partial charge in [-0.25, -0.2) is 0 Å². The Balaban J connectivity index is 1.65. The van der Waals surface area contributed by atoms with E-state index in [2.05, 4.69) is 0 Å². The van der Waals surface area contributed by atoms with Gasteiger partial charge in [0.25, 0.3) is 5.91 Å². The molecule has 7 nitrogen and oxygen atoms in total. The molecule has 4 aliphatic rings. The number of benzene rings is 1. The normalized spacial score (nSPS) is 34.2. The van der Waals surface area contributed by atoms with Crippen molar-refractivity contribution in [2.75, 3.05) is 24.7 Å². The lowest BCUT2D eigenvalue weighted by molar-refractivity contribution is -0.153. The molecule has 4 aliphatic heterocycles. The summed E-state index contributed by atoms with van der Waals surface area (Å²) < 4.78 is 4.51. The molecular formula is C24H25ClN2O5S. The molecule has 1 aromatic rings. The molecule has 1 aromatic carbocycles. The quantitative estimate of drug-likeness (QED) is 0.519. The van der Waals surface area contributed by atoms with Crippen molar-refractivity contribution in [3.8, 4) is 0 Å². The van der Waals surface area contributed by atoms with Crippen LogP contribution in [0.25, 0.3) is 0 Å². The topological polar surface area (TPSA) is 87.2 Å². The van der Waals surface area contributed by atoms with Gasteiger partial charge in [-0.3, -0.25) is 14.4 Å². The first kappa shape index (κ1) is 22.5. The zero-order chi connectivity index (χ0) is 23.3. The molecular weight excluding hydrogens is 464 g/mol. The fourth-order valence-corrected chi connectivity index (χ4v) is 7.72. The number of anilines is 1. The maximum Gasteiger partial charge on any atom is 0.311 e. The highest BCUT2D eigenvalue weighted by atomic mass is 35.5. The van der Waals surface area contributed by atoms with E-state index in [1.165, 1.54) is 16.7 Å². The average molecular weight is 489 g/mol. The molecule has 0 aliphatic carbocycles. The number of fused-ring (bicyclic) bond motifs is 2. The summed E-state index contributed by atoms with van der Waals surface area (Å²) >= 11 is 7.90. The Hall–Kier alpha value is -2.29. The Morgan fingerprint density at radius 1 is 1.24 bits per heavy atom. The Morgan fingerprint density at radius 2 is 2.03 bits per heavy atom. The molecule has 0 saturated carbocycles. The third-order valence-electron chi connectivity index (χ3n) is 6.94. The van der Waals surface area contributed by atoms with Crippen LogP contribution < -0.4 is 4.90 Å². The molecule has 6 atom stereocenters. The van der Waals surface area contributed by atoms with Crippen LogP contribution in [0.1, 0.15) is 13.3 Å². The first-order chi connectivity index (χ1) is 15.9. The predicted octanol–water partition coefficient (Wildman–Crippen LogP) is 2.42. The molecule has 9 heteroatoms. The van der Waals surface area contributed by atoms with E-state index >= 15 is 0 Å². The number of nitrogens with zero attached hydrogens (tertiary/aromatic N) is 2. The Labute approximate surface area is 201 Å². The molecule has 1 unspecified atom stereocenters. The van der Waals surface area contributed by atoms with Crippen LogP contribution in [0.2, 0.25) is 5.02 Å². The van der Waals surface area contributed by atoms with Crippen LogP contribution in [0, 0.1) is 11.8 Å². The smallest absolute Gasteiger partial charge is 0.311 e. The first-order valence-electron chi connectivity index (χ1n) is 11.1. The van der Waals surface area contributed by atoms with Crippen LogP contribution in [0.15, 0.2) is 48.6 Å². The summed E-state index contributed by atoms with van der Waals surface area (Å²) in [7, 11) is 0. The highest BCUT2D eigenvalue weighted by molar-refractivity contribution is 8.02. The summed E-state index contributed by atoms with van der Waals surface area (Å²) in [5, 5.41) is 10.1. The minimum atomic E-state index is -0.948. The van der Waals surface area contributed by atoms with Crippen LogP contribution in [-0.4, -0.2) is 69.6 Å². The highest BCUT2D eigenvalue weighted by Crippen LogP contribution is 2.61. The number of thioether (sulfide) groups is 1. The van der Waals surface area contributed by atoms with Gasteiger partial charge < -0.3 is 19.6 Å². The van der Waals surface area contributed by atoms with Gasteiger partial charge in [-0.15, -0.1) is 11.8 Å². The lowest BCUT2D eigenvalue weighted by atomic mass is 9.78. The minimum Gasteiger partial charge on any atom is -0.465 e. The fourth-order valence-electron chi connectivity index (χ4n) is 5.50. The third kappa shape index (κ3) is 3.33. The number of aliphatic hydroxyl groups excluding tert-OH is 1. The number of carbonyl (C=O) groups excluding carboxylic acids is 3. The zero-order valence-corrected chi connectivity index (χ0v) is 19.7. The van der Waals surface area contributed by atoms with Crippen molar-refractivity contribution >= 4 is 46.8 Å². The van der Waals surface area contributed by atoms with Crippen molar-refractivity contribution in [1.29, 1.82) is 0 Å². The molecule has 4 heterocycles. The second-order valence-electron chi connectivity index (χ2n) is 8.81. The molecule has 1 N–H and O–H groups in total. The summed E-state index contributed by atoms with van der Waals surface area (Å²) in [6.07, 6.45) is 8.38. The number of likely N-dealkylation sites (tertiary alicyclic amines) is 1. The number of rotatable bonds is 3. The molecule has 2 fully saturated rings. The van der Waals surface area contributed by atoms with Gasteiger partial charge in [-0.2, -0.15) is 0 Å². The number of hydrogen-bond acceptors (Lipinski definition) is 6. The van der Waals surface area contributed by atoms with Gasteiger partial charge in [0, 0.05) is 11.8 Å². The van der Waals surface area contributed by atoms with Crippen LogP contribution in [0.3, 0.4) is 0 Å². The Kier molecular flexibility index (Phi) is 5.79. The van der Waals surface area contributed by atoms with E-state index in [0.29, 0.717) is 23.7 Å². The Morgan fingerprint density at radius 3 is 2.79 bits per heavy atom. The van der Waals surface area contributed by atoms with E-state index in [1.54, 1.807) is 30.0 Å². The fraction of sp³-hybridized carbons (Fsp3) is 0.458. The van der Waals surface area contributed by atoms with Gasteiger partial charge in [-0.05, 0) is 25.5 Å². The largest absolute Gasteiger partial charge is 0.465 e. The van der Waals surface area contributed by atoms with E-state index in [9.17, 15) is 19.5 Å². The van der Waals surface area contributed by atoms with Gasteiger partial charge in [0.2, 0.25) is 5.91 Å². The average Bonchev–Trinajstić information content (AvgIpc) is 3.18. The maximum absolute atomic E-state index is 14.1. The van der Waals surface area contributed by atoms with Gasteiger partial charge in [0.1, 0.15) is 6.04 Å². The highest BCUT2D eigenvalue weighted by Gasteiger charge is 2.71. The summed E-state index contributed by atoms with van der Waals surface area (Å²) in [6, 6.07) is 5.62. The zero-order valence-electron chi connectivity index (χ0n) is 18.1. The van der Waals surface area contributed by atoms with Crippen molar-refractivity contribution in [2.45, 2.75) is 35.4 Å². The molecule has 33 heavy (non-hydrogen) atoms. The van der Waals surface area contributed by atoms with Gasteiger partial charge in [-0.1, -0.05) is 48.0 Å². The molecule has 5 rings (SSSR count). The number of ether oxygens (including phenoxy) is 1. The number of halogens is 1. The van der Waals surface area contributed by atoms with E-state index in [1.807, 2.05) is 30.4 Å². The summed E-state index contributed by atoms with van der Waals surface area (Å²) in [4.78, 5) is 44.1. The predicted molar refractivity (Wildman–Crippen MR) is 126 cm³/mol. The summed E-state index contributed by atoms with van der Waals surface area (Å²) in [6.45, 7) is 1.98. The van der Waals surface area contributed by atoms with E-state index in [4.69, 9.17) is 16.3 Å². The van der Waals surface area contributed by atoms with Crippen molar-refractivity contribution in [3.63, 3.8) is 0 Å². The maximum atomic E-state index is 14.1. The monoisotopic (exact) mass is 488 g/mol. The molecule has 174 valence electrons. The second-order valence-corrected chi connectivity index (χ2v) is 10.7. The number of esters is 1. The third-order valence-corrected chi connectivity index (χ3v) is 9.00. The molecule has 0 bridgehead atoms. The number of carbonyl (C=O) groups is 3. The van der Waals surface area contributed by atoms with Crippen LogP contribution in [0.4, 0.5) is 5.69 Å². The molecule has 1 spiro atoms. The van der Waals surface area contributed by atoms with E-state index in [0.717, 1.165) is 0 Å². The number of aliphatic hydroxyl groups is 1. The minimum absolute atomic E-state index is 0.270. The lowest BCUT2D eigenvalue weighted by Crippen LogP contribution is -2.56. The van der Waals surface area contributed by atoms with Gasteiger partial charge in [0.15, 0.2) is 0 Å². The number of cyclic esters (lactones) is 1. The lowest BCUT2D eigenvalue weighted by Gasteiger charge is -2.37. The standard InChI is InChI=1S/C24H25ClN2O5S/c1-14(13-28)27-20-22(30)26(16-8-3-2-7-15(16)25)11-6-10-24(20)19(21(27)29)18-17(33-24)9-4-5-12-32-23(18)31/h2-4,6-10,14,17-20,28H,5,11-13H2,1H3/t14-,17+,18-,19+,20?,24+/m1/s1. The van der Waals surface area contributed by atoms with Crippen LogP contribution in [-0.2, 0) is 19.1 Å². The van der Waals surface area contributed by atoms with Crippen molar-refractivity contribution in [3.05, 3.63) is 53.6 Å².